The van der Waals surface area contributed by atoms with Crippen molar-refractivity contribution in [3.8, 4) is 0 Å². The molecular formula is C19H25N3O4. The summed E-state index contributed by atoms with van der Waals surface area (Å²) in [4.78, 5) is 30.2. The second kappa shape index (κ2) is 8.31. The van der Waals surface area contributed by atoms with E-state index < -0.39 is 5.92 Å². The number of unbranched alkanes of at least 4 members (excludes halogenated alkanes) is 1. The van der Waals surface area contributed by atoms with Crippen molar-refractivity contribution < 1.29 is 19.2 Å². The van der Waals surface area contributed by atoms with Crippen LogP contribution in [0.2, 0.25) is 0 Å². The lowest BCUT2D eigenvalue weighted by Crippen LogP contribution is -2.40. The summed E-state index contributed by atoms with van der Waals surface area (Å²) in [5.74, 6) is 0.0850. The first kappa shape index (κ1) is 18.4. The SMILES string of the molecule is CCCCC(CN(O)C=O)C(=O)N1CCC[C@H]1c1nc2ccccc2o1. The molecule has 0 saturated carbocycles. The van der Waals surface area contributed by atoms with Crippen LogP contribution in [-0.4, -0.2) is 45.6 Å². The highest BCUT2D eigenvalue weighted by molar-refractivity contribution is 5.80. The summed E-state index contributed by atoms with van der Waals surface area (Å²) in [6.45, 7) is 2.70. The normalized spacial score (nSPS) is 18.2. The topological polar surface area (TPSA) is 86.9 Å². The Kier molecular flexibility index (Phi) is 5.88. The van der Waals surface area contributed by atoms with Crippen molar-refractivity contribution in [2.45, 2.75) is 45.1 Å². The molecule has 0 radical (unpaired) electrons. The molecular weight excluding hydrogens is 334 g/mol. The first-order valence-corrected chi connectivity index (χ1v) is 9.20. The Morgan fingerprint density at radius 2 is 2.31 bits per heavy atom. The van der Waals surface area contributed by atoms with Crippen LogP contribution in [0, 0.1) is 5.92 Å². The monoisotopic (exact) mass is 359 g/mol. The summed E-state index contributed by atoms with van der Waals surface area (Å²) in [7, 11) is 0. The summed E-state index contributed by atoms with van der Waals surface area (Å²) in [5.41, 5.74) is 1.50. The van der Waals surface area contributed by atoms with Crippen molar-refractivity contribution in [3.05, 3.63) is 30.2 Å². The number of oxazole rings is 1. The van der Waals surface area contributed by atoms with Crippen LogP contribution in [0.5, 0.6) is 0 Å². The van der Waals surface area contributed by atoms with Gasteiger partial charge in [-0.15, -0.1) is 0 Å². The van der Waals surface area contributed by atoms with E-state index >= 15 is 0 Å². The summed E-state index contributed by atoms with van der Waals surface area (Å²) >= 11 is 0. The Hall–Kier alpha value is -2.41. The third-order valence-electron chi connectivity index (χ3n) is 4.92. The highest BCUT2D eigenvalue weighted by atomic mass is 16.5. The first-order chi connectivity index (χ1) is 12.6. The number of carbonyl (C=O) groups excluding carboxylic acids is 2. The van der Waals surface area contributed by atoms with Crippen LogP contribution < -0.4 is 0 Å². The molecule has 0 spiro atoms. The van der Waals surface area contributed by atoms with E-state index in [2.05, 4.69) is 11.9 Å². The molecule has 2 amide bonds. The van der Waals surface area contributed by atoms with Gasteiger partial charge in [0.05, 0.1) is 12.5 Å². The minimum atomic E-state index is -0.421. The lowest BCUT2D eigenvalue weighted by atomic mass is 9.99. The third-order valence-corrected chi connectivity index (χ3v) is 4.92. The molecule has 1 aromatic heterocycles. The summed E-state index contributed by atoms with van der Waals surface area (Å²) in [5, 5.41) is 10.1. The van der Waals surface area contributed by atoms with Crippen molar-refractivity contribution in [3.63, 3.8) is 0 Å². The fraction of sp³-hybridized carbons (Fsp3) is 0.526. The highest BCUT2D eigenvalue weighted by Gasteiger charge is 2.36. The number of likely N-dealkylation sites (tertiary alicyclic amines) is 1. The largest absolute Gasteiger partial charge is 0.438 e. The lowest BCUT2D eigenvalue weighted by Gasteiger charge is -2.28. The number of amides is 2. The van der Waals surface area contributed by atoms with E-state index in [4.69, 9.17) is 4.42 Å². The minimum Gasteiger partial charge on any atom is -0.438 e. The second-order valence-electron chi connectivity index (χ2n) is 6.78. The zero-order valence-corrected chi connectivity index (χ0v) is 15.0. The van der Waals surface area contributed by atoms with Gasteiger partial charge >= 0.3 is 0 Å². The Morgan fingerprint density at radius 3 is 3.04 bits per heavy atom. The molecule has 7 nitrogen and oxygen atoms in total. The molecule has 0 aliphatic carbocycles. The van der Waals surface area contributed by atoms with E-state index in [9.17, 15) is 14.8 Å². The fourth-order valence-electron chi connectivity index (χ4n) is 3.57. The van der Waals surface area contributed by atoms with Crippen molar-refractivity contribution in [2.24, 2.45) is 5.92 Å². The number of rotatable bonds is 8. The standard InChI is InChI=1S/C19H25N3O4/c1-2-3-7-14(12-21(25)13-23)19(24)22-11-6-9-16(22)18-20-15-8-4-5-10-17(15)26-18/h4-5,8,10,13-14,16,25H,2-3,6-7,9,11-12H2,1H3/t14?,16-/m0/s1. The maximum absolute atomic E-state index is 13.1. The van der Waals surface area contributed by atoms with E-state index in [1.807, 2.05) is 24.3 Å². The van der Waals surface area contributed by atoms with Gasteiger partial charge in [0.2, 0.25) is 18.2 Å². The molecule has 2 aromatic rings. The molecule has 140 valence electrons. The number of fused-ring (bicyclic) bond motifs is 1. The van der Waals surface area contributed by atoms with E-state index in [-0.39, 0.29) is 18.5 Å². The molecule has 1 unspecified atom stereocenters. The van der Waals surface area contributed by atoms with Crippen molar-refractivity contribution in [1.29, 1.82) is 0 Å². The first-order valence-electron chi connectivity index (χ1n) is 9.20. The number of carbonyl (C=O) groups is 2. The Balaban J connectivity index is 1.80. The zero-order chi connectivity index (χ0) is 18.5. The van der Waals surface area contributed by atoms with Gasteiger partial charge in [0, 0.05) is 6.54 Å². The summed E-state index contributed by atoms with van der Waals surface area (Å²) < 4.78 is 5.87. The van der Waals surface area contributed by atoms with Gasteiger partial charge < -0.3 is 9.32 Å². The average Bonchev–Trinajstić information content (AvgIpc) is 3.30. The zero-order valence-electron chi connectivity index (χ0n) is 15.0. The van der Waals surface area contributed by atoms with Crippen LogP contribution in [0.4, 0.5) is 0 Å². The molecule has 7 heteroatoms. The molecule has 3 rings (SSSR count). The Morgan fingerprint density at radius 1 is 1.50 bits per heavy atom. The van der Waals surface area contributed by atoms with Crippen molar-refractivity contribution >= 4 is 23.4 Å². The van der Waals surface area contributed by atoms with E-state index in [0.29, 0.717) is 35.9 Å². The van der Waals surface area contributed by atoms with Crippen LogP contribution in [0.25, 0.3) is 11.1 Å². The molecule has 1 fully saturated rings. The van der Waals surface area contributed by atoms with Crippen molar-refractivity contribution in [2.75, 3.05) is 13.1 Å². The predicted molar refractivity (Wildman–Crippen MR) is 95.3 cm³/mol. The number of benzene rings is 1. The average molecular weight is 359 g/mol. The van der Waals surface area contributed by atoms with Crippen molar-refractivity contribution in [1.82, 2.24) is 14.9 Å². The van der Waals surface area contributed by atoms with E-state index in [1.165, 1.54) is 0 Å². The maximum Gasteiger partial charge on any atom is 0.233 e. The van der Waals surface area contributed by atoms with Gasteiger partial charge in [0.25, 0.3) is 0 Å². The van der Waals surface area contributed by atoms with Gasteiger partial charge in [-0.1, -0.05) is 31.9 Å². The van der Waals surface area contributed by atoms with Gasteiger partial charge in [-0.25, -0.2) is 10.0 Å². The maximum atomic E-state index is 13.1. The molecule has 1 saturated heterocycles. The van der Waals surface area contributed by atoms with Crippen LogP contribution in [0.15, 0.2) is 28.7 Å². The molecule has 1 aromatic carbocycles. The number of para-hydroxylation sites is 2. The molecule has 26 heavy (non-hydrogen) atoms. The predicted octanol–water partition coefficient (Wildman–Crippen LogP) is 3.15. The van der Waals surface area contributed by atoms with Gasteiger partial charge in [0.1, 0.15) is 11.6 Å². The van der Waals surface area contributed by atoms with E-state index in [1.54, 1.807) is 4.90 Å². The quantitative estimate of drug-likeness (QED) is 0.444. The van der Waals surface area contributed by atoms with Gasteiger partial charge in [-0.3, -0.25) is 14.8 Å². The smallest absolute Gasteiger partial charge is 0.233 e. The second-order valence-corrected chi connectivity index (χ2v) is 6.78. The summed E-state index contributed by atoms with van der Waals surface area (Å²) in [6.07, 6.45) is 4.47. The molecule has 1 N–H and O–H groups in total. The third kappa shape index (κ3) is 3.88. The number of hydrogen-bond acceptors (Lipinski definition) is 5. The Bertz CT molecular complexity index is 727. The number of hydroxylamine groups is 2. The van der Waals surface area contributed by atoms with Gasteiger partial charge in [0.15, 0.2) is 5.58 Å². The molecule has 1 aliphatic rings. The van der Waals surface area contributed by atoms with Crippen LogP contribution >= 0.6 is 0 Å². The molecule has 2 atom stereocenters. The fourth-order valence-corrected chi connectivity index (χ4v) is 3.57. The minimum absolute atomic E-state index is 0.0130. The number of aromatic nitrogens is 1. The van der Waals surface area contributed by atoms with Crippen LogP contribution in [-0.2, 0) is 9.59 Å². The van der Waals surface area contributed by atoms with Crippen LogP contribution in [0.1, 0.15) is 51.0 Å². The molecule has 2 heterocycles. The highest BCUT2D eigenvalue weighted by Crippen LogP contribution is 2.34. The lowest BCUT2D eigenvalue weighted by molar-refractivity contribution is -0.157. The number of nitrogens with zero attached hydrogens (tertiary/aromatic N) is 3. The number of hydrogen-bond donors (Lipinski definition) is 1. The summed E-state index contributed by atoms with van der Waals surface area (Å²) in [6, 6.07) is 7.36. The van der Waals surface area contributed by atoms with E-state index in [0.717, 1.165) is 31.2 Å². The Labute approximate surface area is 152 Å². The molecule has 1 aliphatic heterocycles. The van der Waals surface area contributed by atoms with Gasteiger partial charge in [-0.2, -0.15) is 0 Å². The molecule has 0 bridgehead atoms. The van der Waals surface area contributed by atoms with Crippen LogP contribution in [0.3, 0.4) is 0 Å². The van der Waals surface area contributed by atoms with Gasteiger partial charge in [-0.05, 0) is 31.4 Å².